The zero-order valence-corrected chi connectivity index (χ0v) is 22.0. The molecule has 0 aromatic heterocycles. The van der Waals surface area contributed by atoms with Gasteiger partial charge in [0, 0.05) is 33.4 Å². The molecule has 2 N–H and O–H groups in total. The minimum atomic E-state index is 0. The Kier molecular flexibility index (Phi) is 10.8. The van der Waals surface area contributed by atoms with Crippen LogP contribution in [-0.2, 0) is 9.59 Å². The molecule has 0 atom stereocenters. The van der Waals surface area contributed by atoms with Crippen LogP contribution in [0.3, 0.4) is 0 Å². The van der Waals surface area contributed by atoms with E-state index >= 15 is 0 Å². The molecule has 1 aliphatic rings. The van der Waals surface area contributed by atoms with Crippen LogP contribution in [0.2, 0.25) is 0 Å². The Morgan fingerprint density at radius 2 is 0.758 bits per heavy atom. The lowest BCUT2D eigenvalue weighted by atomic mass is 9.77. The maximum atomic E-state index is 12.2. The molecule has 0 spiro atoms. The molecule has 0 radical (unpaired) electrons. The van der Waals surface area contributed by atoms with Gasteiger partial charge in [-0.05, 0) is 62.5 Å². The van der Waals surface area contributed by atoms with Gasteiger partial charge in [-0.2, -0.15) is 0 Å². The van der Waals surface area contributed by atoms with E-state index in [2.05, 4.69) is 0 Å². The molecule has 33 heavy (non-hydrogen) atoms. The van der Waals surface area contributed by atoms with Gasteiger partial charge in [0.15, 0.2) is 11.6 Å². The van der Waals surface area contributed by atoms with E-state index < -0.39 is 0 Å². The second kappa shape index (κ2) is 11.7. The van der Waals surface area contributed by atoms with Crippen LogP contribution < -0.4 is 0 Å². The molecule has 4 nitrogen and oxygen atoms in total. The summed E-state index contributed by atoms with van der Waals surface area (Å²) < 4.78 is 0. The lowest BCUT2D eigenvalue weighted by Gasteiger charge is -2.24. The standard InChI is InChI=1S/C14H22O2.C14H20O2.CH4/c2*1-7(2)11-9(5)14(16)12(8(3)4)10(6)13(11)15;/h7-8,15-16H,1-6H3;7-8H,1-6H3;1H4. The number of allylic oxidation sites excluding steroid dienone is 4. The fourth-order valence-corrected chi connectivity index (χ4v) is 4.81. The third-order valence-corrected chi connectivity index (χ3v) is 6.32. The van der Waals surface area contributed by atoms with Crippen LogP contribution in [0.1, 0.15) is 111 Å². The summed E-state index contributed by atoms with van der Waals surface area (Å²) >= 11 is 0. The van der Waals surface area contributed by atoms with Crippen molar-refractivity contribution in [2.45, 2.75) is 102 Å². The van der Waals surface area contributed by atoms with Crippen molar-refractivity contribution in [1.29, 1.82) is 0 Å². The first-order valence-electron chi connectivity index (χ1n) is 11.6. The summed E-state index contributed by atoms with van der Waals surface area (Å²) in [5, 5.41) is 20.4. The van der Waals surface area contributed by atoms with Gasteiger partial charge in [0.05, 0.1) is 0 Å². The normalized spacial score (nSPS) is 14.4. The van der Waals surface area contributed by atoms with E-state index in [1.54, 1.807) is 13.8 Å². The summed E-state index contributed by atoms with van der Waals surface area (Å²) in [7, 11) is 0. The van der Waals surface area contributed by atoms with Crippen LogP contribution in [0.25, 0.3) is 0 Å². The van der Waals surface area contributed by atoms with Crippen molar-refractivity contribution in [3.63, 3.8) is 0 Å². The monoisotopic (exact) mass is 458 g/mol. The molecule has 0 bridgehead atoms. The molecule has 1 aliphatic carbocycles. The molecule has 0 aliphatic heterocycles. The molecule has 0 amide bonds. The van der Waals surface area contributed by atoms with Crippen LogP contribution in [0.15, 0.2) is 22.3 Å². The number of hydrogen-bond donors (Lipinski definition) is 2. The number of phenols is 2. The number of Topliss-reactive ketones (excluding diaryl/α,β-unsaturated/α-hetero) is 2. The zero-order chi connectivity index (χ0) is 25.2. The molecule has 1 aromatic carbocycles. The Morgan fingerprint density at radius 3 is 0.939 bits per heavy atom. The average molecular weight is 459 g/mol. The predicted molar refractivity (Wildman–Crippen MR) is 139 cm³/mol. The summed E-state index contributed by atoms with van der Waals surface area (Å²) in [5.74, 6) is 1.44. The van der Waals surface area contributed by atoms with E-state index in [0.29, 0.717) is 33.8 Å². The molecule has 0 heterocycles. The lowest BCUT2D eigenvalue weighted by molar-refractivity contribution is -0.117. The number of ketones is 2. The molecule has 1 aromatic rings. The fourth-order valence-electron chi connectivity index (χ4n) is 4.81. The molecular formula is C29H46O4. The van der Waals surface area contributed by atoms with E-state index in [4.69, 9.17) is 0 Å². The first-order valence-corrected chi connectivity index (χ1v) is 11.6. The highest BCUT2D eigenvalue weighted by Crippen LogP contribution is 2.43. The number of phenolic OH excluding ortho intramolecular Hbond substituents is 2. The van der Waals surface area contributed by atoms with E-state index in [1.165, 1.54) is 0 Å². The first kappa shape index (κ1) is 30.6. The smallest absolute Gasteiger partial charge is 0.185 e. The van der Waals surface area contributed by atoms with Gasteiger partial charge in [-0.25, -0.2) is 0 Å². The second-order valence-corrected chi connectivity index (χ2v) is 10.1. The number of carbonyl (C=O) groups excluding carboxylic acids is 2. The van der Waals surface area contributed by atoms with Crippen LogP contribution >= 0.6 is 0 Å². The molecule has 2 rings (SSSR count). The molecular weight excluding hydrogens is 412 g/mol. The molecule has 0 saturated carbocycles. The third kappa shape index (κ3) is 5.96. The Balaban J connectivity index is 0.000000602. The van der Waals surface area contributed by atoms with Crippen LogP contribution in [0.4, 0.5) is 0 Å². The SMILES string of the molecule is C.CC1=C(C(C)C)C(=O)C(C)=C(C(C)C)C1=O.Cc1c(O)c(C(C)C)c(C)c(O)c1C(C)C. The summed E-state index contributed by atoms with van der Waals surface area (Å²) in [6.07, 6.45) is 0. The summed E-state index contributed by atoms with van der Waals surface area (Å²) in [6, 6.07) is 0. The molecule has 0 fully saturated rings. The van der Waals surface area contributed by atoms with Crippen molar-refractivity contribution < 1.29 is 19.8 Å². The Hall–Kier alpha value is -2.36. The van der Waals surface area contributed by atoms with Gasteiger partial charge in [-0.1, -0.05) is 62.8 Å². The van der Waals surface area contributed by atoms with Crippen LogP contribution in [0, 0.1) is 25.7 Å². The van der Waals surface area contributed by atoms with Crippen molar-refractivity contribution >= 4 is 11.6 Å². The average Bonchev–Trinajstić information content (AvgIpc) is 2.65. The maximum absolute atomic E-state index is 12.2. The predicted octanol–water partition coefficient (Wildman–Crippen LogP) is 7.68. The summed E-state index contributed by atoms with van der Waals surface area (Å²) in [4.78, 5) is 24.3. The highest BCUT2D eigenvalue weighted by atomic mass is 16.3. The van der Waals surface area contributed by atoms with Gasteiger partial charge < -0.3 is 10.2 Å². The van der Waals surface area contributed by atoms with Crippen molar-refractivity contribution in [2.24, 2.45) is 11.8 Å². The van der Waals surface area contributed by atoms with Gasteiger partial charge in [-0.3, -0.25) is 9.59 Å². The third-order valence-electron chi connectivity index (χ3n) is 6.32. The highest BCUT2D eigenvalue weighted by Gasteiger charge is 2.32. The first-order chi connectivity index (χ1) is 14.6. The Bertz CT molecular complexity index is 862. The number of aromatic hydroxyl groups is 2. The minimum absolute atomic E-state index is 0. The number of benzene rings is 1. The Labute approximate surface area is 201 Å². The number of carbonyl (C=O) groups is 2. The van der Waals surface area contributed by atoms with E-state index in [0.717, 1.165) is 22.3 Å². The molecule has 0 unspecified atom stereocenters. The minimum Gasteiger partial charge on any atom is -0.507 e. The number of rotatable bonds is 4. The van der Waals surface area contributed by atoms with Crippen LogP contribution in [0.5, 0.6) is 11.5 Å². The zero-order valence-electron chi connectivity index (χ0n) is 22.0. The van der Waals surface area contributed by atoms with E-state index in [-0.39, 0.29) is 42.7 Å². The van der Waals surface area contributed by atoms with Crippen molar-refractivity contribution in [2.75, 3.05) is 0 Å². The van der Waals surface area contributed by atoms with Gasteiger partial charge in [0.1, 0.15) is 11.5 Å². The summed E-state index contributed by atoms with van der Waals surface area (Å²) in [6.45, 7) is 23.2. The van der Waals surface area contributed by atoms with Gasteiger partial charge in [-0.15, -0.1) is 0 Å². The lowest BCUT2D eigenvalue weighted by Crippen LogP contribution is -2.26. The van der Waals surface area contributed by atoms with Crippen molar-refractivity contribution in [3.8, 4) is 11.5 Å². The van der Waals surface area contributed by atoms with Crippen molar-refractivity contribution in [1.82, 2.24) is 0 Å². The molecule has 186 valence electrons. The highest BCUT2D eigenvalue weighted by molar-refractivity contribution is 6.25. The fraction of sp³-hybridized carbons (Fsp3) is 0.586. The van der Waals surface area contributed by atoms with Crippen LogP contribution in [-0.4, -0.2) is 21.8 Å². The van der Waals surface area contributed by atoms with E-state index in [9.17, 15) is 19.8 Å². The largest absolute Gasteiger partial charge is 0.507 e. The van der Waals surface area contributed by atoms with Crippen molar-refractivity contribution in [3.05, 3.63) is 44.5 Å². The number of hydrogen-bond acceptors (Lipinski definition) is 4. The van der Waals surface area contributed by atoms with Gasteiger partial charge in [0.2, 0.25) is 0 Å². The Morgan fingerprint density at radius 1 is 0.515 bits per heavy atom. The second-order valence-electron chi connectivity index (χ2n) is 10.1. The molecule has 4 heteroatoms. The van der Waals surface area contributed by atoms with Gasteiger partial charge in [0.25, 0.3) is 0 Å². The van der Waals surface area contributed by atoms with E-state index in [1.807, 2.05) is 69.2 Å². The molecule has 0 saturated heterocycles. The topological polar surface area (TPSA) is 74.6 Å². The quantitative estimate of drug-likeness (QED) is 0.358. The summed E-state index contributed by atoms with van der Waals surface area (Å²) in [5.41, 5.74) is 5.98. The maximum Gasteiger partial charge on any atom is 0.185 e. The van der Waals surface area contributed by atoms with Gasteiger partial charge >= 0.3 is 0 Å².